The second kappa shape index (κ2) is 11.0. The first-order chi connectivity index (χ1) is 17.0. The fourth-order valence-electron chi connectivity index (χ4n) is 4.70. The number of benzene rings is 2. The fraction of sp³-hybridized carbons (Fsp3) is 0.414. The summed E-state index contributed by atoms with van der Waals surface area (Å²) in [5, 5.41) is 1.00. The van der Waals surface area contributed by atoms with Gasteiger partial charge in [-0.25, -0.2) is 0 Å². The van der Waals surface area contributed by atoms with Crippen LogP contribution in [0.15, 0.2) is 47.1 Å². The van der Waals surface area contributed by atoms with Gasteiger partial charge in [-0.1, -0.05) is 19.1 Å². The van der Waals surface area contributed by atoms with E-state index in [9.17, 15) is 4.79 Å². The Kier molecular flexibility index (Phi) is 7.81. The molecule has 0 N–H and O–H groups in total. The summed E-state index contributed by atoms with van der Waals surface area (Å²) in [5.41, 5.74) is 5.61. The first kappa shape index (κ1) is 24.9. The number of allylic oxidation sites excluding steroid dienone is 1. The van der Waals surface area contributed by atoms with Gasteiger partial charge in [-0.3, -0.25) is 4.79 Å². The highest BCUT2D eigenvalue weighted by Crippen LogP contribution is 2.41. The molecule has 6 nitrogen and oxygen atoms in total. The fourth-order valence-corrected chi connectivity index (χ4v) is 4.70. The van der Waals surface area contributed by atoms with E-state index in [1.165, 1.54) is 0 Å². The quantitative estimate of drug-likeness (QED) is 0.386. The first-order valence-corrected chi connectivity index (χ1v) is 12.6. The summed E-state index contributed by atoms with van der Waals surface area (Å²) in [6.07, 6.45) is 3.55. The molecular formula is C29H36N2O4. The van der Waals surface area contributed by atoms with Crippen molar-refractivity contribution in [2.45, 2.75) is 34.6 Å². The normalized spacial score (nSPS) is 15.0. The van der Waals surface area contributed by atoms with E-state index < -0.39 is 0 Å². The number of hydrogen-bond donors (Lipinski definition) is 0. The van der Waals surface area contributed by atoms with E-state index in [2.05, 4.69) is 17.9 Å². The maximum Gasteiger partial charge on any atom is 0.246 e. The van der Waals surface area contributed by atoms with Crippen LogP contribution < -0.4 is 9.47 Å². The number of hydrogen-bond acceptors (Lipinski definition) is 5. The van der Waals surface area contributed by atoms with Crippen LogP contribution in [-0.2, 0) is 4.79 Å². The molecule has 1 aliphatic rings. The van der Waals surface area contributed by atoms with Gasteiger partial charge < -0.3 is 23.7 Å². The van der Waals surface area contributed by atoms with Crippen LogP contribution in [0.5, 0.6) is 11.5 Å². The molecule has 0 spiro atoms. The van der Waals surface area contributed by atoms with Crippen molar-refractivity contribution in [3.05, 3.63) is 53.8 Å². The van der Waals surface area contributed by atoms with Gasteiger partial charge in [-0.15, -0.1) is 0 Å². The number of fused-ring (bicyclic) bond motifs is 1. The van der Waals surface area contributed by atoms with Gasteiger partial charge >= 0.3 is 0 Å². The molecule has 0 aliphatic carbocycles. The lowest BCUT2D eigenvalue weighted by atomic mass is 9.96. The molecule has 1 amide bonds. The molecule has 1 aliphatic heterocycles. The Morgan fingerprint density at radius 3 is 2.34 bits per heavy atom. The Labute approximate surface area is 208 Å². The summed E-state index contributed by atoms with van der Waals surface area (Å²) in [5.74, 6) is 1.67. The number of carbonyl (C=O) groups is 1. The standard InChI is InChI=1S/C29H36N2O4/c1-6-30-13-15-31(16-14-30)27(32)17-20(4)24-18-25-26(22-9-11-23(12-10-22)33-7-2)19-35-29(25)21(5)28(24)34-8-3/h9-12,17-19H,6-8,13-16H2,1-5H3/b20-17+. The number of piperazine rings is 1. The molecule has 1 aromatic heterocycles. The molecular weight excluding hydrogens is 440 g/mol. The van der Waals surface area contributed by atoms with Crippen molar-refractivity contribution in [2.24, 2.45) is 0 Å². The van der Waals surface area contributed by atoms with Crippen molar-refractivity contribution in [3.63, 3.8) is 0 Å². The smallest absolute Gasteiger partial charge is 0.246 e. The summed E-state index contributed by atoms with van der Waals surface area (Å²) in [6.45, 7) is 15.7. The van der Waals surface area contributed by atoms with Crippen molar-refractivity contribution >= 4 is 22.4 Å². The molecule has 4 rings (SSSR count). The molecule has 0 bridgehead atoms. The Bertz CT molecular complexity index is 1200. The number of rotatable bonds is 8. The summed E-state index contributed by atoms with van der Waals surface area (Å²) in [4.78, 5) is 17.4. The Morgan fingerprint density at radius 1 is 1.03 bits per heavy atom. The zero-order chi connectivity index (χ0) is 24.9. The predicted molar refractivity (Wildman–Crippen MR) is 141 cm³/mol. The molecule has 0 atom stereocenters. The van der Waals surface area contributed by atoms with Crippen molar-refractivity contribution in [1.82, 2.24) is 9.80 Å². The lowest BCUT2D eigenvalue weighted by molar-refractivity contribution is -0.127. The van der Waals surface area contributed by atoms with Gasteiger partial charge in [0.05, 0.1) is 19.5 Å². The minimum atomic E-state index is 0.0531. The number of carbonyl (C=O) groups excluding carboxylic acids is 1. The van der Waals surface area contributed by atoms with Gasteiger partial charge in [-0.05, 0) is 63.6 Å². The van der Waals surface area contributed by atoms with E-state index in [0.29, 0.717) is 13.2 Å². The first-order valence-electron chi connectivity index (χ1n) is 12.6. The van der Waals surface area contributed by atoms with Gasteiger partial charge in [0.15, 0.2) is 0 Å². The van der Waals surface area contributed by atoms with Crippen LogP contribution in [0.3, 0.4) is 0 Å². The summed E-state index contributed by atoms with van der Waals surface area (Å²) >= 11 is 0. The molecule has 35 heavy (non-hydrogen) atoms. The third-order valence-corrected chi connectivity index (χ3v) is 6.70. The van der Waals surface area contributed by atoms with Crippen LogP contribution in [0.1, 0.15) is 38.8 Å². The maximum absolute atomic E-state index is 13.1. The van der Waals surface area contributed by atoms with Gasteiger partial charge in [0.1, 0.15) is 17.1 Å². The number of furan rings is 1. The van der Waals surface area contributed by atoms with Crippen LogP contribution >= 0.6 is 0 Å². The monoisotopic (exact) mass is 476 g/mol. The molecule has 0 saturated carbocycles. The summed E-state index contributed by atoms with van der Waals surface area (Å²) < 4.78 is 17.7. The van der Waals surface area contributed by atoms with Gasteiger partial charge in [0, 0.05) is 54.3 Å². The number of nitrogens with zero attached hydrogens (tertiary/aromatic N) is 2. The van der Waals surface area contributed by atoms with Crippen LogP contribution in [-0.4, -0.2) is 61.6 Å². The average Bonchev–Trinajstić information content (AvgIpc) is 3.30. The molecule has 0 radical (unpaired) electrons. The SMILES string of the molecule is CCOc1ccc(-c2coc3c(C)c(OCC)c(/C(C)=C/C(=O)N4CCN(CC)CC4)cc23)cc1. The zero-order valence-electron chi connectivity index (χ0n) is 21.5. The lowest BCUT2D eigenvalue weighted by Crippen LogP contribution is -2.48. The third-order valence-electron chi connectivity index (χ3n) is 6.70. The minimum absolute atomic E-state index is 0.0531. The highest BCUT2D eigenvalue weighted by atomic mass is 16.5. The molecule has 1 fully saturated rings. The second-order valence-electron chi connectivity index (χ2n) is 8.88. The molecule has 186 valence electrons. The Hall–Kier alpha value is -3.25. The predicted octanol–water partition coefficient (Wildman–Crippen LogP) is 5.77. The molecule has 1 saturated heterocycles. The molecule has 6 heteroatoms. The summed E-state index contributed by atoms with van der Waals surface area (Å²) in [6, 6.07) is 10.1. The van der Waals surface area contributed by atoms with Crippen molar-refractivity contribution in [3.8, 4) is 22.6 Å². The van der Waals surface area contributed by atoms with Crippen LogP contribution in [0, 0.1) is 6.92 Å². The number of likely N-dealkylation sites (N-methyl/N-ethyl adjacent to an activating group) is 1. The van der Waals surface area contributed by atoms with Crippen LogP contribution in [0.4, 0.5) is 0 Å². The van der Waals surface area contributed by atoms with Gasteiger partial charge in [-0.2, -0.15) is 0 Å². The lowest BCUT2D eigenvalue weighted by Gasteiger charge is -2.33. The molecule has 0 unspecified atom stereocenters. The molecule has 2 heterocycles. The third kappa shape index (κ3) is 5.22. The second-order valence-corrected chi connectivity index (χ2v) is 8.88. The highest BCUT2D eigenvalue weighted by molar-refractivity contribution is 6.01. The minimum Gasteiger partial charge on any atom is -0.494 e. The van der Waals surface area contributed by atoms with Crippen LogP contribution in [0.2, 0.25) is 0 Å². The van der Waals surface area contributed by atoms with E-state index >= 15 is 0 Å². The van der Waals surface area contributed by atoms with Crippen molar-refractivity contribution in [1.29, 1.82) is 0 Å². The Morgan fingerprint density at radius 2 is 1.71 bits per heavy atom. The van der Waals surface area contributed by atoms with Crippen LogP contribution in [0.25, 0.3) is 27.7 Å². The highest BCUT2D eigenvalue weighted by Gasteiger charge is 2.22. The average molecular weight is 477 g/mol. The van der Waals surface area contributed by atoms with E-state index in [-0.39, 0.29) is 5.91 Å². The Balaban J connectivity index is 1.71. The maximum atomic E-state index is 13.1. The zero-order valence-corrected chi connectivity index (χ0v) is 21.5. The topological polar surface area (TPSA) is 55.2 Å². The van der Waals surface area contributed by atoms with Gasteiger partial charge in [0.2, 0.25) is 5.91 Å². The number of ether oxygens (including phenoxy) is 2. The summed E-state index contributed by atoms with van der Waals surface area (Å²) in [7, 11) is 0. The largest absolute Gasteiger partial charge is 0.494 e. The van der Waals surface area contributed by atoms with Gasteiger partial charge in [0.25, 0.3) is 0 Å². The number of amides is 1. The van der Waals surface area contributed by atoms with E-state index in [0.717, 1.165) is 83.0 Å². The van der Waals surface area contributed by atoms with E-state index in [1.807, 2.05) is 56.9 Å². The number of aryl methyl sites for hydroxylation is 1. The molecule has 2 aromatic carbocycles. The molecule has 3 aromatic rings. The van der Waals surface area contributed by atoms with E-state index in [1.54, 1.807) is 12.3 Å². The van der Waals surface area contributed by atoms with Crippen molar-refractivity contribution in [2.75, 3.05) is 45.9 Å². The van der Waals surface area contributed by atoms with E-state index in [4.69, 9.17) is 13.9 Å². The van der Waals surface area contributed by atoms with Crippen molar-refractivity contribution < 1.29 is 18.7 Å².